The summed E-state index contributed by atoms with van der Waals surface area (Å²) in [5, 5.41) is 57.2. The zero-order valence-corrected chi connectivity index (χ0v) is 32.7. The fourth-order valence-electron chi connectivity index (χ4n) is 4.07. The molecule has 4 rings (SSSR count). The van der Waals surface area contributed by atoms with Gasteiger partial charge in [-0.1, -0.05) is 60.7 Å². The molecule has 0 bridgehead atoms. The van der Waals surface area contributed by atoms with Gasteiger partial charge in [0.2, 0.25) is 23.7 Å². The molecule has 0 saturated carbocycles. The number of aliphatic carboxylic acids is 6. The van der Waals surface area contributed by atoms with Gasteiger partial charge in [0.15, 0.2) is 13.2 Å². The largest absolute Gasteiger partial charge is 1.00 e. The van der Waals surface area contributed by atoms with Crippen LogP contribution in [0.2, 0.25) is 0 Å². The minimum atomic E-state index is -1.52. The molecule has 54 heavy (non-hydrogen) atoms. The molecule has 22 heteroatoms. The van der Waals surface area contributed by atoms with E-state index >= 15 is 0 Å². The molecule has 2 aromatic heterocycles. The number of hydrogen-bond acceptors (Lipinski definition) is 16. The summed E-state index contributed by atoms with van der Waals surface area (Å²) in [6, 6.07) is 20.1. The van der Waals surface area contributed by atoms with Crippen molar-refractivity contribution in [3.05, 3.63) is 72.8 Å². The molecule has 20 nitrogen and oxygen atoms in total. The summed E-state index contributed by atoms with van der Waals surface area (Å²) in [6.07, 6.45) is 0. The molecule has 2 heterocycles. The average molecular weight is 767 g/mol. The van der Waals surface area contributed by atoms with E-state index in [-0.39, 0.29) is 82.8 Å². The van der Waals surface area contributed by atoms with Crippen molar-refractivity contribution in [1.29, 1.82) is 0 Å². The van der Waals surface area contributed by atoms with Crippen LogP contribution >= 0.6 is 0 Å². The Kier molecular flexibility index (Phi) is 20.1. The van der Waals surface area contributed by atoms with E-state index in [1.54, 1.807) is 60.7 Å². The third-order valence-electron chi connectivity index (χ3n) is 6.07. The van der Waals surface area contributed by atoms with E-state index in [4.69, 9.17) is 29.9 Å². The number of aromatic nitrogens is 4. The fourth-order valence-corrected chi connectivity index (χ4v) is 4.07. The first-order chi connectivity index (χ1) is 24.7. The summed E-state index contributed by atoms with van der Waals surface area (Å²) in [4.78, 5) is 83.1. The van der Waals surface area contributed by atoms with Crippen molar-refractivity contribution in [1.82, 2.24) is 19.9 Å². The zero-order valence-electron chi connectivity index (χ0n) is 28.7. The molecule has 4 aromatic rings. The molecule has 0 atom stereocenters. The van der Waals surface area contributed by atoms with E-state index in [9.17, 15) is 39.0 Å². The summed E-state index contributed by atoms with van der Waals surface area (Å²) < 4.78 is 10.1. The Morgan fingerprint density at radius 1 is 0.519 bits per heavy atom. The smallest absolute Gasteiger partial charge is 0.548 e. The van der Waals surface area contributed by atoms with Crippen LogP contribution < -0.4 is 88.6 Å². The van der Waals surface area contributed by atoms with Crippen molar-refractivity contribution < 1.29 is 128 Å². The van der Waals surface area contributed by atoms with Gasteiger partial charge in [0.1, 0.15) is 13.1 Å². The third kappa shape index (κ3) is 16.5. The van der Waals surface area contributed by atoms with Crippen LogP contribution in [-0.2, 0) is 28.8 Å². The fraction of sp³-hybridized carbons (Fsp3) is 0.188. The van der Waals surface area contributed by atoms with Crippen LogP contribution in [0.4, 0.5) is 11.9 Å². The molecule has 2 aromatic carbocycles. The Bertz CT molecular complexity index is 1740. The average Bonchev–Trinajstić information content (AvgIpc) is 3.09. The van der Waals surface area contributed by atoms with Crippen LogP contribution in [0.25, 0.3) is 22.5 Å². The topological polar surface area (TPSA) is 306 Å². The monoisotopic (exact) mass is 766 g/mol. The molecule has 0 saturated heterocycles. The second-order valence-electron chi connectivity index (χ2n) is 10.1. The summed E-state index contributed by atoms with van der Waals surface area (Å²) in [7, 11) is 0. The van der Waals surface area contributed by atoms with E-state index in [1.807, 2.05) is 0 Å². The van der Waals surface area contributed by atoms with Crippen LogP contribution in [0.1, 0.15) is 0 Å². The summed E-state index contributed by atoms with van der Waals surface area (Å²) >= 11 is 0. The predicted octanol–water partition coefficient (Wildman–Crippen LogP) is -7.50. The van der Waals surface area contributed by atoms with Crippen molar-refractivity contribution in [3.8, 4) is 34.3 Å². The normalized spacial score (nSPS) is 9.78. The molecule has 4 N–H and O–H groups in total. The molecule has 0 radical (unpaired) electrons. The van der Waals surface area contributed by atoms with Gasteiger partial charge in [0.05, 0.1) is 36.4 Å². The molecule has 272 valence electrons. The Labute approximate surface area is 349 Å². The number of hydrogen-bond donors (Lipinski definition) is 4. The van der Waals surface area contributed by atoms with E-state index < -0.39 is 75.2 Å². The van der Waals surface area contributed by atoms with Crippen molar-refractivity contribution in [3.63, 3.8) is 0 Å². The first-order valence-corrected chi connectivity index (χ1v) is 14.6. The maximum Gasteiger partial charge on any atom is 1.00 e. The Balaban J connectivity index is 0.000000521. The molecule has 0 aliphatic carbocycles. The van der Waals surface area contributed by atoms with Crippen LogP contribution in [0, 0.1) is 0 Å². The maximum atomic E-state index is 11.0. The second-order valence-corrected chi connectivity index (χ2v) is 10.1. The van der Waals surface area contributed by atoms with Crippen molar-refractivity contribution in [2.24, 2.45) is 0 Å². The molecule has 0 amide bonds. The summed E-state index contributed by atoms with van der Waals surface area (Å²) in [6.45, 7) is -4.25. The quantitative estimate of drug-likeness (QED) is 0.0684. The van der Waals surface area contributed by atoms with E-state index in [0.29, 0.717) is 22.5 Å². The minimum Gasteiger partial charge on any atom is -0.548 e. The first kappa shape index (κ1) is 46.6. The van der Waals surface area contributed by atoms with Gasteiger partial charge in [0, 0.05) is 23.3 Å². The Hall–Kier alpha value is -5.38. The van der Waals surface area contributed by atoms with Gasteiger partial charge in [0.25, 0.3) is 0 Å². The van der Waals surface area contributed by atoms with Gasteiger partial charge in [-0.3, -0.25) is 9.59 Å². The Morgan fingerprint density at radius 3 is 1.13 bits per heavy atom. The van der Waals surface area contributed by atoms with Gasteiger partial charge in [-0.25, -0.2) is 19.6 Å². The van der Waals surface area contributed by atoms with Gasteiger partial charge >= 0.3 is 83.0 Å². The number of carbonyl (C=O) groups excluding carboxylic acids is 2. The molecule has 0 aliphatic rings. The minimum absolute atomic E-state index is 0. The Morgan fingerprint density at radius 2 is 0.852 bits per heavy atom. The van der Waals surface area contributed by atoms with E-state index in [2.05, 4.69) is 19.9 Å². The standard InChI is InChI=1S/2C16H15N3O7.2Na/c2*20-13(21)7-19(8-14(22)23)16-17-11(10-4-2-1-3-5-10)6-12(18-16)26-9-15(24)25;;/h2*1-6H,7-9H2,(H,20,21)(H,22,23)(H,24,25);;/q;;2*+1/p-2. The SMILES string of the molecule is O=C([O-])CN(CC(=O)O)c1nc(OCC(=O)O)cc(-c2ccccc2)n1.O=C([O-])CN(CC(=O)O)c1nc(OCC(=O)O)cc(-c2ccccc2)n1.[Na+].[Na+]. The summed E-state index contributed by atoms with van der Waals surface area (Å²) in [5.41, 5.74) is 1.87. The van der Waals surface area contributed by atoms with Crippen molar-refractivity contribution >= 4 is 47.7 Å². The molecule has 0 unspecified atom stereocenters. The van der Waals surface area contributed by atoms with Gasteiger partial charge in [-0.05, 0) is 0 Å². The number of anilines is 2. The van der Waals surface area contributed by atoms with Gasteiger partial charge in [-0.15, -0.1) is 0 Å². The van der Waals surface area contributed by atoms with Gasteiger partial charge < -0.3 is 59.5 Å². The molecule has 0 aliphatic heterocycles. The number of carboxylic acid groups (broad SMARTS) is 6. The van der Waals surface area contributed by atoms with E-state index in [1.165, 1.54) is 12.1 Å². The maximum absolute atomic E-state index is 11.0. The van der Waals surface area contributed by atoms with Crippen LogP contribution in [-0.4, -0.2) is 116 Å². The zero-order chi connectivity index (χ0) is 38.2. The number of ether oxygens (including phenoxy) is 2. The molecule has 0 spiro atoms. The number of benzene rings is 2. The number of carbonyl (C=O) groups is 6. The molecule has 0 fully saturated rings. The van der Waals surface area contributed by atoms with E-state index in [0.717, 1.165) is 9.80 Å². The molecular weight excluding hydrogens is 738 g/mol. The number of carboxylic acids is 6. The first-order valence-electron chi connectivity index (χ1n) is 14.6. The molecular formula is C32H28N6Na2O14. The third-order valence-corrected chi connectivity index (χ3v) is 6.07. The predicted molar refractivity (Wildman–Crippen MR) is 171 cm³/mol. The van der Waals surface area contributed by atoms with Crippen LogP contribution in [0.3, 0.4) is 0 Å². The number of rotatable bonds is 18. The van der Waals surface area contributed by atoms with Crippen LogP contribution in [0.15, 0.2) is 72.8 Å². The van der Waals surface area contributed by atoms with Crippen LogP contribution in [0.5, 0.6) is 11.8 Å². The van der Waals surface area contributed by atoms with Crippen molar-refractivity contribution in [2.75, 3.05) is 49.2 Å². The number of nitrogens with zero attached hydrogens (tertiary/aromatic N) is 6. The second kappa shape index (κ2) is 23.3. The van der Waals surface area contributed by atoms with Gasteiger partial charge in [-0.2, -0.15) is 9.97 Å². The van der Waals surface area contributed by atoms with Crippen molar-refractivity contribution in [2.45, 2.75) is 0 Å². The summed E-state index contributed by atoms with van der Waals surface area (Å²) in [5.74, 6) is -8.85.